The molecule has 0 amide bonds. The largest absolute Gasteiger partial charge is 0.418 e. The Morgan fingerprint density at radius 2 is 2.00 bits per heavy atom. The first-order valence-electron chi connectivity index (χ1n) is 10.7. The highest BCUT2D eigenvalue weighted by Gasteiger charge is 2.48. The minimum Gasteiger partial charge on any atom is -0.394 e. The number of benzene rings is 1. The van der Waals surface area contributed by atoms with Gasteiger partial charge in [0, 0.05) is 16.6 Å². The van der Waals surface area contributed by atoms with E-state index in [1.165, 1.54) is 23.8 Å². The van der Waals surface area contributed by atoms with E-state index in [1.54, 1.807) is 0 Å². The number of nitrogens with zero attached hydrogens (tertiary/aromatic N) is 5. The zero-order valence-electron chi connectivity index (χ0n) is 18.4. The van der Waals surface area contributed by atoms with Crippen LogP contribution in [0.15, 0.2) is 46.8 Å². The van der Waals surface area contributed by atoms with Crippen molar-refractivity contribution in [3.8, 4) is 17.1 Å². The molecule has 1 saturated heterocycles. The molecule has 16 heteroatoms. The molecule has 2 unspecified atom stereocenters. The molecule has 4 aromatic rings. The van der Waals surface area contributed by atoms with Gasteiger partial charge in [-0.2, -0.15) is 18.3 Å². The van der Waals surface area contributed by atoms with Gasteiger partial charge in [0.25, 0.3) is 0 Å². The van der Waals surface area contributed by atoms with Crippen molar-refractivity contribution in [3.63, 3.8) is 0 Å². The number of nitrogens with one attached hydrogen (secondary N) is 1. The van der Waals surface area contributed by atoms with Crippen LogP contribution in [-0.4, -0.2) is 70.0 Å². The van der Waals surface area contributed by atoms with Crippen LogP contribution in [0, 0.1) is 0 Å². The average Bonchev–Trinajstić information content (AvgIpc) is 3.59. The van der Waals surface area contributed by atoms with Crippen molar-refractivity contribution in [1.29, 1.82) is 0 Å². The van der Waals surface area contributed by atoms with E-state index in [1.807, 2.05) is 0 Å². The van der Waals surface area contributed by atoms with Crippen LogP contribution in [0.2, 0.25) is 5.02 Å². The molecule has 4 N–H and O–H groups in total. The average molecular weight is 559 g/mol. The fraction of sp³-hybridized carbons (Fsp3) is 0.333. The van der Waals surface area contributed by atoms with Gasteiger partial charge in [0.15, 0.2) is 0 Å². The molecule has 1 aromatic carbocycles. The molecular formula is C21H18ClF3N6O5S. The number of hydrogen-bond acceptors (Lipinski definition) is 9. The predicted octanol–water partition coefficient (Wildman–Crippen LogP) is 1.95. The summed E-state index contributed by atoms with van der Waals surface area (Å²) in [7, 11) is 0. The SMILES string of the molecule is O=c1[nH]c(-c2cn([C@@H]3C(O)[C@H](c4ccnn4-c4cc(Cl)ccc4C(F)(F)F)OC(CO)[C@@H]3O)nn2)cs1. The van der Waals surface area contributed by atoms with Crippen LogP contribution in [0.4, 0.5) is 13.2 Å². The molecule has 1 fully saturated rings. The van der Waals surface area contributed by atoms with Crippen LogP contribution >= 0.6 is 22.9 Å². The van der Waals surface area contributed by atoms with Crippen molar-refractivity contribution in [2.45, 2.75) is 36.6 Å². The third-order valence-electron chi connectivity index (χ3n) is 5.96. The van der Waals surface area contributed by atoms with Gasteiger partial charge in [-0.05, 0) is 24.3 Å². The van der Waals surface area contributed by atoms with Crippen LogP contribution in [0.1, 0.15) is 23.4 Å². The number of halogens is 4. The third-order valence-corrected chi connectivity index (χ3v) is 6.87. The van der Waals surface area contributed by atoms with Crippen LogP contribution in [-0.2, 0) is 10.9 Å². The van der Waals surface area contributed by atoms with Crippen molar-refractivity contribution < 1.29 is 33.2 Å². The first kappa shape index (κ1) is 25.6. The van der Waals surface area contributed by atoms with Crippen LogP contribution in [0.5, 0.6) is 0 Å². The summed E-state index contributed by atoms with van der Waals surface area (Å²) >= 11 is 6.89. The Morgan fingerprint density at radius 3 is 2.68 bits per heavy atom. The van der Waals surface area contributed by atoms with Gasteiger partial charge in [-0.25, -0.2) is 9.36 Å². The third kappa shape index (κ3) is 4.69. The maximum atomic E-state index is 13.7. The Bertz CT molecular complexity index is 1470. The van der Waals surface area contributed by atoms with Gasteiger partial charge in [0.2, 0.25) is 0 Å². The van der Waals surface area contributed by atoms with Crippen molar-refractivity contribution in [1.82, 2.24) is 29.8 Å². The number of H-pyrrole nitrogens is 1. The molecule has 5 rings (SSSR count). The summed E-state index contributed by atoms with van der Waals surface area (Å²) in [5.74, 6) is 0. The molecule has 0 bridgehead atoms. The second-order valence-electron chi connectivity index (χ2n) is 8.22. The standard InChI is InChI=1S/C21H18ClF3N6O5S/c22-9-1-2-10(21(23,24)25)14(5-9)31-13(3-4-26-31)19-18(34)16(17(33)15(7-32)36-19)30-6-11(28-29-30)12-8-37-20(35)27-12/h1-6,8,15-19,32-34H,7H2,(H,27,35)/t15?,16-,17-,18?,19-/m0/s1. The number of aromatic amines is 1. The topological polar surface area (TPSA) is 151 Å². The fourth-order valence-corrected chi connectivity index (χ4v) is 5.00. The summed E-state index contributed by atoms with van der Waals surface area (Å²) < 4.78 is 49.1. The highest BCUT2D eigenvalue weighted by Crippen LogP contribution is 2.41. The summed E-state index contributed by atoms with van der Waals surface area (Å²) in [5.41, 5.74) is -0.791. The number of aliphatic hydroxyl groups is 3. The number of rotatable bonds is 5. The first-order chi connectivity index (χ1) is 17.6. The molecule has 1 aliphatic rings. The lowest BCUT2D eigenvalue weighted by Crippen LogP contribution is -2.53. The Morgan fingerprint density at radius 1 is 1.22 bits per heavy atom. The molecule has 5 atom stereocenters. The molecule has 4 heterocycles. The minimum absolute atomic E-state index is 0.0121. The monoisotopic (exact) mass is 558 g/mol. The number of thiazole rings is 1. The lowest BCUT2D eigenvalue weighted by molar-refractivity contribution is -0.209. The summed E-state index contributed by atoms with van der Waals surface area (Å²) in [4.78, 5) is 13.7. The summed E-state index contributed by atoms with van der Waals surface area (Å²) in [6.07, 6.45) is -7.76. The van der Waals surface area contributed by atoms with E-state index >= 15 is 0 Å². The predicted molar refractivity (Wildman–Crippen MR) is 123 cm³/mol. The van der Waals surface area contributed by atoms with E-state index in [9.17, 15) is 33.3 Å². The molecule has 37 heavy (non-hydrogen) atoms. The molecular weight excluding hydrogens is 541 g/mol. The highest BCUT2D eigenvalue weighted by atomic mass is 35.5. The molecule has 0 saturated carbocycles. The second kappa shape index (κ2) is 9.66. The summed E-state index contributed by atoms with van der Waals surface area (Å²) in [6, 6.07) is 3.11. The number of alkyl halides is 3. The number of aromatic nitrogens is 6. The quantitative estimate of drug-likeness (QED) is 0.290. The number of hydrogen-bond donors (Lipinski definition) is 4. The fourth-order valence-electron chi connectivity index (χ4n) is 4.26. The van der Waals surface area contributed by atoms with Gasteiger partial charge < -0.3 is 25.0 Å². The normalized spacial score (nSPS) is 24.5. The Balaban J connectivity index is 1.56. The van der Waals surface area contributed by atoms with Crippen LogP contribution in [0.25, 0.3) is 17.1 Å². The maximum Gasteiger partial charge on any atom is 0.418 e. The molecule has 0 spiro atoms. The Labute approximate surface area is 214 Å². The van der Waals surface area contributed by atoms with Crippen molar-refractivity contribution in [2.75, 3.05) is 6.61 Å². The molecule has 0 radical (unpaired) electrons. The molecule has 1 aliphatic heterocycles. The first-order valence-corrected chi connectivity index (χ1v) is 12.0. The maximum absolute atomic E-state index is 13.7. The summed E-state index contributed by atoms with van der Waals surface area (Å²) in [6.45, 7) is -0.667. The van der Waals surface area contributed by atoms with E-state index in [-0.39, 0.29) is 21.3 Å². The van der Waals surface area contributed by atoms with Gasteiger partial charge in [-0.1, -0.05) is 28.2 Å². The van der Waals surface area contributed by atoms with Gasteiger partial charge in [-0.3, -0.25) is 4.79 Å². The van der Waals surface area contributed by atoms with Crippen molar-refractivity contribution in [3.05, 3.63) is 68.0 Å². The zero-order chi connectivity index (χ0) is 26.5. The van der Waals surface area contributed by atoms with Gasteiger partial charge in [0.05, 0.1) is 35.4 Å². The molecule has 196 valence electrons. The van der Waals surface area contributed by atoms with E-state index in [2.05, 4.69) is 20.4 Å². The van der Waals surface area contributed by atoms with Crippen molar-refractivity contribution >= 4 is 22.9 Å². The highest BCUT2D eigenvalue weighted by molar-refractivity contribution is 7.07. The Hall–Kier alpha value is -3.08. The van der Waals surface area contributed by atoms with Crippen LogP contribution < -0.4 is 4.87 Å². The molecule has 0 aliphatic carbocycles. The minimum atomic E-state index is -4.73. The molecule has 11 nitrogen and oxygen atoms in total. The van der Waals surface area contributed by atoms with E-state index in [0.29, 0.717) is 5.69 Å². The van der Waals surface area contributed by atoms with E-state index in [0.717, 1.165) is 38.9 Å². The van der Waals surface area contributed by atoms with Gasteiger partial charge in [-0.15, -0.1) is 5.10 Å². The number of aliphatic hydroxyl groups excluding tert-OH is 3. The van der Waals surface area contributed by atoms with Crippen molar-refractivity contribution in [2.24, 2.45) is 0 Å². The van der Waals surface area contributed by atoms with Crippen LogP contribution in [0.3, 0.4) is 0 Å². The van der Waals surface area contributed by atoms with E-state index in [4.69, 9.17) is 16.3 Å². The van der Waals surface area contributed by atoms with Gasteiger partial charge >= 0.3 is 11.0 Å². The zero-order valence-corrected chi connectivity index (χ0v) is 20.0. The van der Waals surface area contributed by atoms with E-state index < -0.39 is 54.5 Å². The summed E-state index contributed by atoms with van der Waals surface area (Å²) in [5, 5.41) is 45.4. The lowest BCUT2D eigenvalue weighted by Gasteiger charge is -2.42. The van der Waals surface area contributed by atoms with Gasteiger partial charge in [0.1, 0.15) is 36.2 Å². The molecule has 3 aromatic heterocycles. The number of ether oxygens (including phenoxy) is 1. The Kier molecular flexibility index (Phi) is 6.68. The second-order valence-corrected chi connectivity index (χ2v) is 9.50. The lowest BCUT2D eigenvalue weighted by atomic mass is 9.91. The smallest absolute Gasteiger partial charge is 0.394 e.